The second-order valence-corrected chi connectivity index (χ2v) is 17.1. The molecule has 0 aliphatic heterocycles. The molecule has 320 valence electrons. The van der Waals surface area contributed by atoms with Crippen molar-refractivity contribution in [3.05, 3.63) is 60.8 Å². The summed E-state index contributed by atoms with van der Waals surface area (Å²) in [7, 11) is 1.30. The van der Waals surface area contributed by atoms with Crippen LogP contribution in [0, 0.1) is 0 Å². The Morgan fingerprint density at radius 1 is 0.564 bits per heavy atom. The molecule has 2 unspecified atom stereocenters. The van der Waals surface area contributed by atoms with Crippen LogP contribution in [0.4, 0.5) is 0 Å². The van der Waals surface area contributed by atoms with Crippen molar-refractivity contribution >= 4 is 13.8 Å². The van der Waals surface area contributed by atoms with E-state index in [0.717, 1.165) is 38.5 Å². The molecule has 0 heterocycles. The number of likely N-dealkylation sites (N-methyl/N-ethyl adjacent to an activating group) is 1. The van der Waals surface area contributed by atoms with Gasteiger partial charge in [-0.05, 0) is 38.5 Å². The number of hydrogen-bond donors (Lipinski definition) is 0. The van der Waals surface area contributed by atoms with Crippen molar-refractivity contribution in [1.29, 1.82) is 0 Å². The summed E-state index contributed by atoms with van der Waals surface area (Å²) in [5, 5.41) is 0. The number of rotatable bonds is 40. The number of nitrogens with zero attached hydrogens (tertiary/aromatic N) is 1. The summed E-state index contributed by atoms with van der Waals surface area (Å²) in [5.74, 6) is -0.460. The van der Waals surface area contributed by atoms with Crippen molar-refractivity contribution in [3.63, 3.8) is 0 Å². The normalized spacial score (nSPS) is 14.4. The lowest BCUT2D eigenvalue weighted by molar-refractivity contribution is -0.870. The molecule has 0 radical (unpaired) electrons. The van der Waals surface area contributed by atoms with Crippen LogP contribution < -0.4 is 4.89 Å². The van der Waals surface area contributed by atoms with Gasteiger partial charge in [0.2, 0.25) is 0 Å². The number of phosphoric ester groups is 1. The summed E-state index contributed by atoms with van der Waals surface area (Å²) >= 11 is 0. The number of esters is 1. The highest BCUT2D eigenvalue weighted by atomic mass is 31.2. The number of hydrogen-bond acceptors (Lipinski definition) is 7. The predicted octanol–water partition coefficient (Wildman–Crippen LogP) is 12.3. The summed E-state index contributed by atoms with van der Waals surface area (Å²) in [5.41, 5.74) is 0. The molecule has 0 aliphatic rings. The first-order valence-corrected chi connectivity index (χ1v) is 23.5. The van der Waals surface area contributed by atoms with E-state index in [4.69, 9.17) is 18.5 Å². The Kier molecular flexibility index (Phi) is 37.8. The van der Waals surface area contributed by atoms with Gasteiger partial charge in [-0.3, -0.25) is 9.36 Å². The van der Waals surface area contributed by atoms with Crippen LogP contribution in [-0.2, 0) is 27.9 Å². The quantitative estimate of drug-likeness (QED) is 0.0200. The van der Waals surface area contributed by atoms with E-state index < -0.39 is 19.9 Å². The van der Waals surface area contributed by atoms with E-state index in [9.17, 15) is 14.3 Å². The number of unbranched alkanes of at least 4 members (excludes halogenated alkanes) is 17. The number of quaternary nitrogens is 1. The maximum Gasteiger partial charge on any atom is 0.310 e. The fourth-order valence-corrected chi connectivity index (χ4v) is 6.47. The minimum atomic E-state index is -4.55. The van der Waals surface area contributed by atoms with Crippen LogP contribution in [0.3, 0.4) is 0 Å². The molecule has 0 aromatic rings. The third-order valence-corrected chi connectivity index (χ3v) is 10.1. The molecule has 0 spiro atoms. The van der Waals surface area contributed by atoms with Crippen LogP contribution in [0.25, 0.3) is 0 Å². The van der Waals surface area contributed by atoms with Crippen molar-refractivity contribution in [2.24, 2.45) is 0 Å². The van der Waals surface area contributed by atoms with Crippen LogP contribution in [0.1, 0.15) is 168 Å². The Balaban J connectivity index is 4.33. The van der Waals surface area contributed by atoms with Gasteiger partial charge in [0.05, 0.1) is 40.8 Å². The second kappa shape index (κ2) is 39.0. The van der Waals surface area contributed by atoms with Crippen LogP contribution in [0.2, 0.25) is 0 Å². The highest BCUT2D eigenvalue weighted by Crippen LogP contribution is 2.38. The van der Waals surface area contributed by atoms with Gasteiger partial charge in [-0.2, -0.15) is 0 Å². The molecule has 0 aromatic carbocycles. The van der Waals surface area contributed by atoms with Gasteiger partial charge in [-0.25, -0.2) is 0 Å². The molecular weight excluding hydrogens is 709 g/mol. The van der Waals surface area contributed by atoms with E-state index in [0.29, 0.717) is 24.1 Å². The fourth-order valence-electron chi connectivity index (χ4n) is 5.74. The third kappa shape index (κ3) is 43.2. The number of ether oxygens (including phenoxy) is 2. The first kappa shape index (κ1) is 53.2. The maximum atomic E-state index is 12.6. The molecule has 2 atom stereocenters. The SMILES string of the molecule is CC/C=C\C/C=C\C/C=C\C/C=C\C/C=C\CC(=O)OC(COCCCCCCCCCCCCCCCCCCCC)COP(=O)([O-])OCC[N+](C)(C)C. The fraction of sp³-hybridized carbons (Fsp3) is 0.761. The minimum absolute atomic E-state index is 0.00859. The van der Waals surface area contributed by atoms with E-state index in [2.05, 4.69) is 62.5 Å². The molecule has 0 bridgehead atoms. The van der Waals surface area contributed by atoms with E-state index in [1.54, 1.807) is 6.08 Å². The standard InChI is InChI=1S/C46H84NO7P/c1-6-8-10-12-14-16-18-20-22-23-24-26-28-30-32-34-36-38-41-51-43-45(44-53-55(49,50)52-42-40-47(3,4)5)54-46(48)39-37-35-33-31-29-27-25-21-19-17-15-13-11-9-7-2/h9,11,15,17,21,25,29,31,35,37,45H,6-8,10,12-14,16,18-20,22-24,26-28,30,32-34,36,38-44H2,1-5H3/b11-9-,17-15-,25-21-,31-29-,37-35-. The van der Waals surface area contributed by atoms with Gasteiger partial charge in [0, 0.05) is 6.61 Å². The molecule has 0 saturated carbocycles. The van der Waals surface area contributed by atoms with Gasteiger partial charge in [0.15, 0.2) is 0 Å². The van der Waals surface area contributed by atoms with Crippen LogP contribution in [0.5, 0.6) is 0 Å². The average molecular weight is 794 g/mol. The van der Waals surface area contributed by atoms with Crippen molar-refractivity contribution in [1.82, 2.24) is 0 Å². The lowest BCUT2D eigenvalue weighted by atomic mass is 10.0. The third-order valence-electron chi connectivity index (χ3n) is 9.12. The van der Waals surface area contributed by atoms with Crippen LogP contribution >= 0.6 is 7.82 Å². The summed E-state index contributed by atoms with van der Waals surface area (Å²) < 4.78 is 34.4. The summed E-state index contributed by atoms with van der Waals surface area (Å²) in [4.78, 5) is 25.0. The molecule has 0 fully saturated rings. The Morgan fingerprint density at radius 2 is 0.982 bits per heavy atom. The zero-order chi connectivity index (χ0) is 40.6. The summed E-state index contributed by atoms with van der Waals surface area (Å²) in [6, 6.07) is 0. The first-order chi connectivity index (χ1) is 26.6. The first-order valence-electron chi connectivity index (χ1n) is 22.0. The highest BCUT2D eigenvalue weighted by molar-refractivity contribution is 7.45. The van der Waals surface area contributed by atoms with E-state index in [-0.39, 0.29) is 26.2 Å². The zero-order valence-electron chi connectivity index (χ0n) is 36.1. The topological polar surface area (TPSA) is 94.1 Å². The van der Waals surface area contributed by atoms with E-state index in [1.807, 2.05) is 27.2 Å². The van der Waals surface area contributed by atoms with Gasteiger partial charge < -0.3 is 27.9 Å². The summed E-state index contributed by atoms with van der Waals surface area (Å²) in [6.45, 7) is 5.17. The molecule has 0 aromatic heterocycles. The molecule has 0 aliphatic carbocycles. The molecule has 0 rings (SSSR count). The summed E-state index contributed by atoms with van der Waals surface area (Å²) in [6.07, 6.45) is 48.4. The van der Waals surface area contributed by atoms with Crippen molar-refractivity contribution in [3.8, 4) is 0 Å². The number of carbonyl (C=O) groups excluding carboxylic acids is 1. The van der Waals surface area contributed by atoms with Crippen molar-refractivity contribution < 1.29 is 37.3 Å². The van der Waals surface area contributed by atoms with Gasteiger partial charge >= 0.3 is 5.97 Å². The smallest absolute Gasteiger partial charge is 0.310 e. The predicted molar refractivity (Wildman–Crippen MR) is 231 cm³/mol. The highest BCUT2D eigenvalue weighted by Gasteiger charge is 2.20. The molecule has 8 nitrogen and oxygen atoms in total. The lowest BCUT2D eigenvalue weighted by Crippen LogP contribution is -2.37. The molecule has 0 saturated heterocycles. The molecule has 9 heteroatoms. The Hall–Kier alpha value is -1.80. The number of allylic oxidation sites excluding steroid dienone is 9. The largest absolute Gasteiger partial charge is 0.756 e. The van der Waals surface area contributed by atoms with Gasteiger partial charge in [0.1, 0.15) is 19.3 Å². The zero-order valence-corrected chi connectivity index (χ0v) is 37.0. The minimum Gasteiger partial charge on any atom is -0.756 e. The average Bonchev–Trinajstić information content (AvgIpc) is 3.13. The second-order valence-electron chi connectivity index (χ2n) is 15.7. The van der Waals surface area contributed by atoms with E-state index in [1.165, 1.54) is 103 Å². The van der Waals surface area contributed by atoms with Gasteiger partial charge in [-0.15, -0.1) is 0 Å². The number of phosphoric acid groups is 1. The van der Waals surface area contributed by atoms with Gasteiger partial charge in [-0.1, -0.05) is 184 Å². The Labute approximate surface area is 339 Å². The van der Waals surface area contributed by atoms with Crippen molar-refractivity contribution in [2.75, 3.05) is 54.1 Å². The molecule has 0 amide bonds. The maximum absolute atomic E-state index is 12.6. The molecule has 0 N–H and O–H groups in total. The van der Waals surface area contributed by atoms with Crippen LogP contribution in [-0.4, -0.2) is 70.7 Å². The lowest BCUT2D eigenvalue weighted by Gasteiger charge is -2.28. The number of carbonyl (C=O) groups is 1. The Morgan fingerprint density at radius 3 is 1.42 bits per heavy atom. The van der Waals surface area contributed by atoms with Gasteiger partial charge in [0.25, 0.3) is 7.82 Å². The molecule has 55 heavy (non-hydrogen) atoms. The van der Waals surface area contributed by atoms with E-state index >= 15 is 0 Å². The van der Waals surface area contributed by atoms with Crippen molar-refractivity contribution in [2.45, 2.75) is 174 Å². The van der Waals surface area contributed by atoms with Crippen LogP contribution in [0.15, 0.2) is 60.8 Å². The molecular formula is C46H84NO7P. The monoisotopic (exact) mass is 794 g/mol. The Bertz CT molecular complexity index is 1060.